The molecule has 4 rings (SSSR count). The zero-order valence-corrected chi connectivity index (χ0v) is 11.7. The van der Waals surface area contributed by atoms with Crippen LogP contribution >= 0.6 is 11.3 Å². The molecule has 5 heteroatoms. The average Bonchev–Trinajstić information content (AvgIpc) is 3.13. The van der Waals surface area contributed by atoms with Crippen LogP contribution in [0.3, 0.4) is 0 Å². The van der Waals surface area contributed by atoms with Gasteiger partial charge < -0.3 is 10.6 Å². The first-order chi connectivity index (χ1) is 9.90. The Kier molecular flexibility index (Phi) is 2.86. The van der Waals surface area contributed by atoms with Gasteiger partial charge in [-0.2, -0.15) is 0 Å². The Labute approximate surface area is 120 Å². The van der Waals surface area contributed by atoms with Gasteiger partial charge in [-0.05, 0) is 28.1 Å². The van der Waals surface area contributed by atoms with Gasteiger partial charge in [0.15, 0.2) is 0 Å². The highest BCUT2D eigenvalue weighted by molar-refractivity contribution is 7.17. The van der Waals surface area contributed by atoms with Gasteiger partial charge in [0.1, 0.15) is 12.1 Å². The zero-order chi connectivity index (χ0) is 13.4. The second kappa shape index (κ2) is 4.85. The van der Waals surface area contributed by atoms with Gasteiger partial charge in [-0.25, -0.2) is 9.97 Å². The van der Waals surface area contributed by atoms with E-state index in [1.54, 1.807) is 17.7 Å². The van der Waals surface area contributed by atoms with Gasteiger partial charge in [0.25, 0.3) is 0 Å². The molecule has 2 N–H and O–H groups in total. The molecular formula is C15H14N4S. The summed E-state index contributed by atoms with van der Waals surface area (Å²) >= 11 is 1.67. The Morgan fingerprint density at radius 1 is 1.15 bits per heavy atom. The molecular weight excluding hydrogens is 268 g/mol. The summed E-state index contributed by atoms with van der Waals surface area (Å²) in [4.78, 5) is 8.60. The third kappa shape index (κ3) is 2.05. The molecule has 1 aromatic carbocycles. The second-order valence-electron chi connectivity index (χ2n) is 4.92. The van der Waals surface area contributed by atoms with E-state index in [0.29, 0.717) is 0 Å². The first kappa shape index (κ1) is 11.8. The van der Waals surface area contributed by atoms with Gasteiger partial charge >= 0.3 is 0 Å². The molecule has 0 unspecified atom stereocenters. The third-order valence-electron chi connectivity index (χ3n) is 3.60. The summed E-state index contributed by atoms with van der Waals surface area (Å²) in [7, 11) is 0. The van der Waals surface area contributed by atoms with Crippen LogP contribution in [0.5, 0.6) is 0 Å². The topological polar surface area (TPSA) is 49.8 Å². The fraction of sp³-hybridized carbons (Fsp3) is 0.200. The van der Waals surface area contributed by atoms with Gasteiger partial charge in [-0.1, -0.05) is 18.2 Å². The molecule has 0 atom stereocenters. The lowest BCUT2D eigenvalue weighted by Gasteiger charge is -2.08. The van der Waals surface area contributed by atoms with E-state index in [-0.39, 0.29) is 0 Å². The van der Waals surface area contributed by atoms with Crippen LogP contribution in [-0.2, 0) is 19.6 Å². The van der Waals surface area contributed by atoms with Gasteiger partial charge in [0.05, 0.1) is 10.2 Å². The van der Waals surface area contributed by atoms with E-state index in [1.165, 1.54) is 16.7 Å². The van der Waals surface area contributed by atoms with Crippen LogP contribution in [0.4, 0.5) is 5.82 Å². The smallest absolute Gasteiger partial charge is 0.147 e. The lowest BCUT2D eigenvalue weighted by atomic mass is 10.1. The minimum atomic E-state index is 0.789. The summed E-state index contributed by atoms with van der Waals surface area (Å²) in [5.41, 5.74) is 5.12. The molecule has 0 aliphatic carbocycles. The number of hydrogen-bond acceptors (Lipinski definition) is 5. The molecule has 0 bridgehead atoms. The summed E-state index contributed by atoms with van der Waals surface area (Å²) in [6.07, 6.45) is 1.62. The number of anilines is 1. The van der Waals surface area contributed by atoms with Gasteiger partial charge in [-0.15, -0.1) is 11.3 Å². The van der Waals surface area contributed by atoms with Crippen molar-refractivity contribution in [3.63, 3.8) is 0 Å². The number of thiophene rings is 1. The number of fused-ring (bicyclic) bond motifs is 2. The number of nitrogens with zero attached hydrogens (tertiary/aromatic N) is 2. The van der Waals surface area contributed by atoms with Gasteiger partial charge in [-0.3, -0.25) is 0 Å². The highest BCUT2D eigenvalue weighted by Gasteiger charge is 2.10. The van der Waals surface area contributed by atoms with Crippen molar-refractivity contribution >= 4 is 27.4 Å². The first-order valence-corrected chi connectivity index (χ1v) is 7.51. The Morgan fingerprint density at radius 2 is 2.10 bits per heavy atom. The predicted octanol–water partition coefficient (Wildman–Crippen LogP) is 2.91. The quantitative estimate of drug-likeness (QED) is 0.775. The van der Waals surface area contributed by atoms with Crippen LogP contribution in [0.15, 0.2) is 36.0 Å². The van der Waals surface area contributed by atoms with Crippen molar-refractivity contribution in [2.45, 2.75) is 19.6 Å². The Balaban J connectivity index is 1.57. The van der Waals surface area contributed by atoms with E-state index in [4.69, 9.17) is 0 Å². The minimum Gasteiger partial charge on any atom is -0.365 e. The predicted molar refractivity (Wildman–Crippen MR) is 81.7 cm³/mol. The summed E-state index contributed by atoms with van der Waals surface area (Å²) in [5, 5.41) is 8.84. The largest absolute Gasteiger partial charge is 0.365 e. The lowest BCUT2D eigenvalue weighted by molar-refractivity contribution is 0.764. The Bertz CT molecular complexity index is 765. The van der Waals surface area contributed by atoms with E-state index in [1.807, 2.05) is 11.4 Å². The van der Waals surface area contributed by atoms with E-state index < -0.39 is 0 Å². The minimum absolute atomic E-state index is 0.789. The van der Waals surface area contributed by atoms with Crippen molar-refractivity contribution in [1.82, 2.24) is 15.3 Å². The summed E-state index contributed by atoms with van der Waals surface area (Å²) < 4.78 is 1.12. The first-order valence-electron chi connectivity index (χ1n) is 6.63. The Hall–Kier alpha value is -1.98. The third-order valence-corrected chi connectivity index (χ3v) is 4.52. The van der Waals surface area contributed by atoms with Crippen molar-refractivity contribution in [1.29, 1.82) is 0 Å². The molecule has 0 amide bonds. The maximum absolute atomic E-state index is 4.34. The zero-order valence-electron chi connectivity index (χ0n) is 10.9. The number of aromatic nitrogens is 2. The van der Waals surface area contributed by atoms with E-state index in [2.05, 4.69) is 38.8 Å². The maximum Gasteiger partial charge on any atom is 0.147 e. The van der Waals surface area contributed by atoms with Crippen LogP contribution in [0.2, 0.25) is 0 Å². The van der Waals surface area contributed by atoms with Crippen molar-refractivity contribution in [3.05, 3.63) is 52.7 Å². The molecule has 0 saturated heterocycles. The van der Waals surface area contributed by atoms with Crippen LogP contribution in [0.25, 0.3) is 10.2 Å². The molecule has 4 nitrogen and oxygen atoms in total. The van der Waals surface area contributed by atoms with E-state index >= 15 is 0 Å². The summed E-state index contributed by atoms with van der Waals surface area (Å²) in [5.74, 6) is 0.920. The normalized spacial score (nSPS) is 13.6. The molecule has 1 aliphatic heterocycles. The lowest BCUT2D eigenvalue weighted by Crippen LogP contribution is -2.02. The van der Waals surface area contributed by atoms with E-state index in [9.17, 15) is 0 Å². The average molecular weight is 282 g/mol. The molecule has 100 valence electrons. The standard InChI is InChI=1S/C15H14N4S/c1-2-11-7-16-8-12(11)5-10(1)6-17-15-14-13(3-4-20-14)18-9-19-15/h1-5,9,16H,6-8H2,(H,17,18,19). The summed E-state index contributed by atoms with van der Waals surface area (Å²) in [6, 6.07) is 8.70. The molecule has 0 fully saturated rings. The van der Waals surface area contributed by atoms with Crippen molar-refractivity contribution < 1.29 is 0 Å². The molecule has 1 aliphatic rings. The van der Waals surface area contributed by atoms with Crippen LogP contribution in [0, 0.1) is 0 Å². The molecule has 0 saturated carbocycles. The van der Waals surface area contributed by atoms with Gasteiger partial charge in [0, 0.05) is 19.6 Å². The van der Waals surface area contributed by atoms with Crippen molar-refractivity contribution in [2.75, 3.05) is 5.32 Å². The van der Waals surface area contributed by atoms with Crippen LogP contribution in [-0.4, -0.2) is 9.97 Å². The molecule has 0 radical (unpaired) electrons. The number of rotatable bonds is 3. The van der Waals surface area contributed by atoms with Crippen molar-refractivity contribution in [2.24, 2.45) is 0 Å². The maximum atomic E-state index is 4.34. The monoisotopic (exact) mass is 282 g/mol. The highest BCUT2D eigenvalue weighted by atomic mass is 32.1. The SMILES string of the molecule is c1nc(NCc2ccc3c(c2)CNC3)c2sccc2n1. The molecule has 2 aromatic heterocycles. The number of nitrogens with one attached hydrogen (secondary N) is 2. The number of hydrogen-bond donors (Lipinski definition) is 2. The van der Waals surface area contributed by atoms with Crippen LogP contribution in [0.1, 0.15) is 16.7 Å². The molecule has 3 aromatic rings. The second-order valence-corrected chi connectivity index (χ2v) is 5.83. The van der Waals surface area contributed by atoms with Crippen molar-refractivity contribution in [3.8, 4) is 0 Å². The summed E-state index contributed by atoms with van der Waals surface area (Å²) in [6.45, 7) is 2.76. The Morgan fingerprint density at radius 3 is 3.10 bits per heavy atom. The van der Waals surface area contributed by atoms with E-state index in [0.717, 1.165) is 35.7 Å². The molecule has 3 heterocycles. The highest BCUT2D eigenvalue weighted by Crippen LogP contribution is 2.25. The number of benzene rings is 1. The molecule has 0 spiro atoms. The fourth-order valence-electron chi connectivity index (χ4n) is 2.56. The van der Waals surface area contributed by atoms with Gasteiger partial charge in [0.2, 0.25) is 0 Å². The molecule has 20 heavy (non-hydrogen) atoms. The fourth-order valence-corrected chi connectivity index (χ4v) is 3.37. The van der Waals surface area contributed by atoms with Crippen LogP contribution < -0.4 is 10.6 Å².